The monoisotopic (exact) mass is 353 g/mol. The summed E-state index contributed by atoms with van der Waals surface area (Å²) in [6.07, 6.45) is 1.08. The van der Waals surface area contributed by atoms with E-state index in [0.717, 1.165) is 31.6 Å². The summed E-state index contributed by atoms with van der Waals surface area (Å²) in [5.74, 6) is 0.214. The van der Waals surface area contributed by atoms with Crippen molar-refractivity contribution < 1.29 is 9.53 Å². The van der Waals surface area contributed by atoms with Gasteiger partial charge in [-0.1, -0.05) is 36.4 Å². The van der Waals surface area contributed by atoms with Gasteiger partial charge in [-0.2, -0.15) is 0 Å². The van der Waals surface area contributed by atoms with Gasteiger partial charge in [0, 0.05) is 25.7 Å². The number of hydrogen-bond donors (Lipinski definition) is 1. The molecule has 1 aliphatic heterocycles. The number of hydrogen-bond acceptors (Lipinski definition) is 4. The zero-order valence-corrected chi connectivity index (χ0v) is 15.5. The SMILES string of the molecule is CN(Cc1cccc(OCC(N)=O)c1)CC1Cc2ccccc2CN1C. The predicted molar refractivity (Wildman–Crippen MR) is 103 cm³/mol. The van der Waals surface area contributed by atoms with E-state index in [1.54, 1.807) is 0 Å². The van der Waals surface area contributed by atoms with Gasteiger partial charge in [0.2, 0.25) is 0 Å². The Bertz CT molecular complexity index is 762. The van der Waals surface area contributed by atoms with Gasteiger partial charge in [0.1, 0.15) is 5.75 Å². The zero-order chi connectivity index (χ0) is 18.5. The first-order valence-corrected chi connectivity index (χ1v) is 8.97. The van der Waals surface area contributed by atoms with Gasteiger partial charge in [-0.25, -0.2) is 0 Å². The second-order valence-electron chi connectivity index (χ2n) is 7.14. The van der Waals surface area contributed by atoms with E-state index in [1.807, 2.05) is 18.2 Å². The Morgan fingerprint density at radius 2 is 2.00 bits per heavy atom. The number of rotatable bonds is 7. The maximum Gasteiger partial charge on any atom is 0.255 e. The molecular formula is C21H27N3O2. The van der Waals surface area contributed by atoms with Crippen molar-refractivity contribution in [3.05, 3.63) is 65.2 Å². The number of primary amides is 1. The number of likely N-dealkylation sites (N-methyl/N-ethyl adjacent to an activating group) is 2. The van der Waals surface area contributed by atoms with Gasteiger partial charge in [0.05, 0.1) is 0 Å². The first-order valence-electron chi connectivity index (χ1n) is 8.97. The minimum absolute atomic E-state index is 0.0917. The van der Waals surface area contributed by atoms with Crippen molar-refractivity contribution in [2.45, 2.75) is 25.6 Å². The fourth-order valence-electron chi connectivity index (χ4n) is 3.55. The molecule has 1 heterocycles. The molecule has 3 rings (SSSR count). The molecular weight excluding hydrogens is 326 g/mol. The van der Waals surface area contributed by atoms with Crippen LogP contribution in [0.15, 0.2) is 48.5 Å². The minimum atomic E-state index is -0.465. The quantitative estimate of drug-likeness (QED) is 0.828. The molecule has 0 aliphatic carbocycles. The Labute approximate surface area is 155 Å². The molecule has 0 spiro atoms. The van der Waals surface area contributed by atoms with Crippen molar-refractivity contribution in [2.75, 3.05) is 27.2 Å². The van der Waals surface area contributed by atoms with Crippen LogP contribution in [0.2, 0.25) is 0 Å². The molecule has 1 unspecified atom stereocenters. The molecule has 2 aromatic rings. The molecule has 0 saturated heterocycles. The second-order valence-corrected chi connectivity index (χ2v) is 7.14. The summed E-state index contributed by atoms with van der Waals surface area (Å²) in [5.41, 5.74) is 9.20. The summed E-state index contributed by atoms with van der Waals surface area (Å²) < 4.78 is 5.39. The summed E-state index contributed by atoms with van der Waals surface area (Å²) in [7, 11) is 4.35. The highest BCUT2D eigenvalue weighted by atomic mass is 16.5. The molecule has 0 saturated carbocycles. The van der Waals surface area contributed by atoms with Gasteiger partial charge in [0.25, 0.3) is 5.91 Å². The zero-order valence-electron chi connectivity index (χ0n) is 15.5. The molecule has 0 fully saturated rings. The number of carbonyl (C=O) groups excluding carboxylic acids is 1. The van der Waals surface area contributed by atoms with Crippen LogP contribution in [0.5, 0.6) is 5.75 Å². The summed E-state index contributed by atoms with van der Waals surface area (Å²) in [5, 5.41) is 0. The Hall–Kier alpha value is -2.37. The first kappa shape index (κ1) is 18.4. The van der Waals surface area contributed by atoms with Crippen molar-refractivity contribution in [3.63, 3.8) is 0 Å². The number of benzene rings is 2. The summed E-state index contributed by atoms with van der Waals surface area (Å²) in [6, 6.07) is 17.1. The fraction of sp³-hybridized carbons (Fsp3) is 0.381. The third kappa shape index (κ3) is 4.84. The van der Waals surface area contributed by atoms with Crippen LogP contribution in [-0.2, 0) is 24.3 Å². The molecule has 0 aromatic heterocycles. The van der Waals surface area contributed by atoms with E-state index in [9.17, 15) is 4.79 Å². The third-order valence-corrected chi connectivity index (χ3v) is 4.87. The molecule has 26 heavy (non-hydrogen) atoms. The maximum absolute atomic E-state index is 10.9. The van der Waals surface area contributed by atoms with E-state index in [0.29, 0.717) is 11.8 Å². The lowest BCUT2D eigenvalue weighted by Crippen LogP contribution is -2.44. The predicted octanol–water partition coefficient (Wildman–Crippen LogP) is 2.04. The molecule has 2 N–H and O–H groups in total. The number of nitrogens with zero attached hydrogens (tertiary/aromatic N) is 2. The lowest BCUT2D eigenvalue weighted by molar-refractivity contribution is -0.119. The molecule has 0 bridgehead atoms. The van der Waals surface area contributed by atoms with Crippen LogP contribution in [0.25, 0.3) is 0 Å². The Balaban J connectivity index is 1.58. The van der Waals surface area contributed by atoms with Crippen molar-refractivity contribution in [1.82, 2.24) is 9.80 Å². The minimum Gasteiger partial charge on any atom is -0.484 e. The topological polar surface area (TPSA) is 58.8 Å². The molecule has 5 nitrogen and oxygen atoms in total. The maximum atomic E-state index is 10.9. The van der Waals surface area contributed by atoms with E-state index in [-0.39, 0.29) is 6.61 Å². The van der Waals surface area contributed by atoms with Crippen LogP contribution in [0.1, 0.15) is 16.7 Å². The van der Waals surface area contributed by atoms with Crippen LogP contribution in [-0.4, -0.2) is 49.0 Å². The van der Waals surface area contributed by atoms with Gasteiger partial charge in [-0.3, -0.25) is 9.69 Å². The average molecular weight is 353 g/mol. The lowest BCUT2D eigenvalue weighted by atomic mass is 9.94. The third-order valence-electron chi connectivity index (χ3n) is 4.87. The van der Waals surface area contributed by atoms with Gasteiger partial charge in [0.15, 0.2) is 6.61 Å². The highest BCUT2D eigenvalue weighted by molar-refractivity contribution is 5.75. The Kier molecular flexibility index (Phi) is 5.91. The highest BCUT2D eigenvalue weighted by Gasteiger charge is 2.24. The van der Waals surface area contributed by atoms with E-state index in [4.69, 9.17) is 10.5 Å². The van der Waals surface area contributed by atoms with E-state index in [1.165, 1.54) is 11.1 Å². The molecule has 1 atom stereocenters. The van der Waals surface area contributed by atoms with Gasteiger partial charge in [-0.05, 0) is 49.3 Å². The van der Waals surface area contributed by atoms with Crippen LogP contribution in [0.3, 0.4) is 0 Å². The first-order chi connectivity index (χ1) is 12.5. The highest BCUT2D eigenvalue weighted by Crippen LogP contribution is 2.23. The van der Waals surface area contributed by atoms with Crippen molar-refractivity contribution in [3.8, 4) is 5.75 Å². The number of ether oxygens (including phenoxy) is 1. The molecule has 138 valence electrons. The van der Waals surface area contributed by atoms with Crippen LogP contribution in [0, 0.1) is 0 Å². The average Bonchev–Trinajstić information content (AvgIpc) is 2.61. The van der Waals surface area contributed by atoms with Gasteiger partial charge >= 0.3 is 0 Å². The molecule has 1 amide bonds. The van der Waals surface area contributed by atoms with Crippen LogP contribution < -0.4 is 10.5 Å². The summed E-state index contributed by atoms with van der Waals surface area (Å²) in [6.45, 7) is 2.74. The van der Waals surface area contributed by atoms with Gasteiger partial charge < -0.3 is 15.4 Å². The van der Waals surface area contributed by atoms with Crippen molar-refractivity contribution in [2.24, 2.45) is 5.73 Å². The molecule has 0 radical (unpaired) electrons. The van der Waals surface area contributed by atoms with Crippen molar-refractivity contribution >= 4 is 5.91 Å². The summed E-state index contributed by atoms with van der Waals surface area (Å²) >= 11 is 0. The molecule has 1 aliphatic rings. The largest absolute Gasteiger partial charge is 0.484 e. The summed E-state index contributed by atoms with van der Waals surface area (Å²) in [4.78, 5) is 15.6. The van der Waals surface area contributed by atoms with E-state index in [2.05, 4.69) is 54.2 Å². The van der Waals surface area contributed by atoms with E-state index >= 15 is 0 Å². The fourth-order valence-corrected chi connectivity index (χ4v) is 3.55. The number of fused-ring (bicyclic) bond motifs is 1. The lowest BCUT2D eigenvalue weighted by Gasteiger charge is -2.36. The van der Waals surface area contributed by atoms with Crippen LogP contribution in [0.4, 0.5) is 0 Å². The molecule has 5 heteroatoms. The smallest absolute Gasteiger partial charge is 0.255 e. The van der Waals surface area contributed by atoms with Crippen LogP contribution >= 0.6 is 0 Å². The molecule has 2 aromatic carbocycles. The standard InChI is InChI=1S/C21H27N3O2/c1-23(12-16-6-5-9-20(10-16)26-15-21(22)25)14-19-11-17-7-3-4-8-18(17)13-24(19)2/h3-10,19H,11-15H2,1-2H3,(H2,22,25). The van der Waals surface area contributed by atoms with Crippen molar-refractivity contribution in [1.29, 1.82) is 0 Å². The van der Waals surface area contributed by atoms with E-state index < -0.39 is 5.91 Å². The number of nitrogens with two attached hydrogens (primary N) is 1. The Morgan fingerprint density at radius 3 is 2.77 bits per heavy atom. The Morgan fingerprint density at radius 1 is 1.23 bits per heavy atom. The number of carbonyl (C=O) groups is 1. The second kappa shape index (κ2) is 8.34. The number of amides is 1. The van der Waals surface area contributed by atoms with Gasteiger partial charge in [-0.15, -0.1) is 0 Å². The normalized spacial score (nSPS) is 17.1.